The van der Waals surface area contributed by atoms with Gasteiger partial charge in [-0.1, -0.05) is 5.21 Å². The molecule has 0 unspecified atom stereocenters. The van der Waals surface area contributed by atoms with Gasteiger partial charge in [-0.2, -0.15) is 4.31 Å². The zero-order valence-corrected chi connectivity index (χ0v) is 12.1. The minimum Gasteiger partial charge on any atom is -0.472 e. The Balaban J connectivity index is 2.32. The van der Waals surface area contributed by atoms with Gasteiger partial charge in [-0.15, -0.1) is 5.10 Å². The van der Waals surface area contributed by atoms with E-state index in [-0.39, 0.29) is 16.2 Å². The van der Waals surface area contributed by atoms with Crippen LogP contribution in [0, 0.1) is 0 Å². The SMILES string of the molecule is CN(Cc1ccoc1)S(=O)(=O)c1c(Br)nnn1C. The summed E-state index contributed by atoms with van der Waals surface area (Å²) in [5.74, 6) is 0. The summed E-state index contributed by atoms with van der Waals surface area (Å²) in [6, 6.07) is 1.71. The fourth-order valence-electron chi connectivity index (χ4n) is 1.47. The van der Waals surface area contributed by atoms with Gasteiger partial charge in [-0.25, -0.2) is 13.1 Å². The van der Waals surface area contributed by atoms with Crippen molar-refractivity contribution in [2.75, 3.05) is 7.05 Å². The normalized spacial score (nSPS) is 12.2. The van der Waals surface area contributed by atoms with Gasteiger partial charge in [0.15, 0.2) is 4.60 Å². The topological polar surface area (TPSA) is 81.2 Å². The Morgan fingerprint density at radius 1 is 1.56 bits per heavy atom. The molecule has 0 radical (unpaired) electrons. The molecule has 18 heavy (non-hydrogen) atoms. The van der Waals surface area contributed by atoms with Crippen LogP contribution in [0.4, 0.5) is 0 Å². The van der Waals surface area contributed by atoms with Gasteiger partial charge >= 0.3 is 0 Å². The van der Waals surface area contributed by atoms with E-state index < -0.39 is 10.0 Å². The van der Waals surface area contributed by atoms with Gasteiger partial charge in [0, 0.05) is 26.2 Å². The number of hydrogen-bond donors (Lipinski definition) is 0. The number of furan rings is 1. The lowest BCUT2D eigenvalue weighted by atomic mass is 10.3. The summed E-state index contributed by atoms with van der Waals surface area (Å²) in [7, 11) is -0.638. The molecule has 0 saturated heterocycles. The van der Waals surface area contributed by atoms with Gasteiger partial charge in [0.05, 0.1) is 12.5 Å². The van der Waals surface area contributed by atoms with E-state index in [4.69, 9.17) is 4.42 Å². The third-order valence-electron chi connectivity index (χ3n) is 2.38. The molecular formula is C9H11BrN4O3S. The Labute approximate surface area is 113 Å². The number of halogens is 1. The van der Waals surface area contributed by atoms with Crippen LogP contribution in [0.5, 0.6) is 0 Å². The van der Waals surface area contributed by atoms with E-state index in [0.29, 0.717) is 0 Å². The number of sulfonamides is 1. The molecule has 9 heteroatoms. The largest absolute Gasteiger partial charge is 0.472 e. The summed E-state index contributed by atoms with van der Waals surface area (Å²) in [6.07, 6.45) is 3.00. The van der Waals surface area contributed by atoms with Crippen LogP contribution in [0.25, 0.3) is 0 Å². The van der Waals surface area contributed by atoms with Crippen molar-refractivity contribution in [1.29, 1.82) is 0 Å². The number of nitrogens with zero attached hydrogens (tertiary/aromatic N) is 4. The second kappa shape index (κ2) is 4.82. The molecule has 0 atom stereocenters. The number of hydrogen-bond acceptors (Lipinski definition) is 5. The maximum Gasteiger partial charge on any atom is 0.263 e. The first-order chi connectivity index (χ1) is 8.43. The molecule has 0 aliphatic rings. The smallest absolute Gasteiger partial charge is 0.263 e. The molecule has 0 bridgehead atoms. The molecule has 2 heterocycles. The van der Waals surface area contributed by atoms with Crippen LogP contribution in [0.3, 0.4) is 0 Å². The Morgan fingerprint density at radius 3 is 2.78 bits per heavy atom. The molecular weight excluding hydrogens is 324 g/mol. The average Bonchev–Trinajstić information content (AvgIpc) is 2.89. The lowest BCUT2D eigenvalue weighted by Gasteiger charge is -2.15. The number of aromatic nitrogens is 3. The van der Waals surface area contributed by atoms with Crippen LogP contribution in [-0.4, -0.2) is 34.8 Å². The lowest BCUT2D eigenvalue weighted by Crippen LogP contribution is -2.28. The molecule has 0 aromatic carbocycles. The summed E-state index contributed by atoms with van der Waals surface area (Å²) in [5, 5.41) is 7.35. The van der Waals surface area contributed by atoms with Crippen molar-refractivity contribution >= 4 is 26.0 Å². The zero-order chi connectivity index (χ0) is 13.3. The first-order valence-electron chi connectivity index (χ1n) is 4.95. The van der Waals surface area contributed by atoms with Gasteiger partial charge in [0.2, 0.25) is 5.03 Å². The Kier molecular flexibility index (Phi) is 3.55. The lowest BCUT2D eigenvalue weighted by molar-refractivity contribution is 0.454. The van der Waals surface area contributed by atoms with E-state index in [1.165, 1.54) is 35.6 Å². The predicted molar refractivity (Wildman–Crippen MR) is 66.1 cm³/mol. The monoisotopic (exact) mass is 334 g/mol. The highest BCUT2D eigenvalue weighted by molar-refractivity contribution is 9.10. The molecule has 98 valence electrons. The molecule has 0 aliphatic carbocycles. The van der Waals surface area contributed by atoms with Crippen LogP contribution in [0.15, 0.2) is 32.6 Å². The summed E-state index contributed by atoms with van der Waals surface area (Å²) in [4.78, 5) is 0. The number of rotatable bonds is 4. The van der Waals surface area contributed by atoms with Gasteiger partial charge < -0.3 is 4.42 Å². The second-order valence-electron chi connectivity index (χ2n) is 3.70. The van der Waals surface area contributed by atoms with Crippen LogP contribution in [0.1, 0.15) is 5.56 Å². The minimum absolute atomic E-state index is 0.0218. The fraction of sp³-hybridized carbons (Fsp3) is 0.333. The van der Waals surface area contributed by atoms with E-state index in [0.717, 1.165) is 5.56 Å². The summed E-state index contributed by atoms with van der Waals surface area (Å²) >= 11 is 3.08. The van der Waals surface area contributed by atoms with Gasteiger partial charge in [0.1, 0.15) is 0 Å². The maximum atomic E-state index is 12.3. The Morgan fingerprint density at radius 2 is 2.28 bits per heavy atom. The highest BCUT2D eigenvalue weighted by Gasteiger charge is 2.28. The molecule has 0 saturated carbocycles. The molecule has 0 amide bonds. The average molecular weight is 335 g/mol. The van der Waals surface area contributed by atoms with E-state index in [9.17, 15) is 8.42 Å². The third kappa shape index (κ3) is 2.33. The van der Waals surface area contributed by atoms with Crippen LogP contribution >= 0.6 is 15.9 Å². The first-order valence-corrected chi connectivity index (χ1v) is 7.19. The highest BCUT2D eigenvalue weighted by Crippen LogP contribution is 2.22. The highest BCUT2D eigenvalue weighted by atomic mass is 79.9. The summed E-state index contributed by atoms with van der Waals surface area (Å²) < 4.78 is 32.2. The van der Waals surface area contributed by atoms with Crippen molar-refractivity contribution < 1.29 is 12.8 Å². The van der Waals surface area contributed by atoms with Crippen molar-refractivity contribution in [2.45, 2.75) is 11.6 Å². The van der Waals surface area contributed by atoms with Crippen LogP contribution in [0.2, 0.25) is 0 Å². The molecule has 0 spiro atoms. The van der Waals surface area contributed by atoms with Crippen molar-refractivity contribution in [3.05, 3.63) is 28.8 Å². The Bertz CT molecular complexity index is 615. The summed E-state index contributed by atoms with van der Waals surface area (Å²) in [5.41, 5.74) is 0.771. The van der Waals surface area contributed by atoms with Crippen LogP contribution < -0.4 is 0 Å². The Hall–Kier alpha value is -1.19. The van der Waals surface area contributed by atoms with E-state index in [2.05, 4.69) is 26.2 Å². The van der Waals surface area contributed by atoms with E-state index in [1.54, 1.807) is 6.07 Å². The quantitative estimate of drug-likeness (QED) is 0.832. The van der Waals surface area contributed by atoms with Crippen molar-refractivity contribution in [3.8, 4) is 0 Å². The molecule has 2 rings (SSSR count). The molecule has 0 aliphatic heterocycles. The van der Waals surface area contributed by atoms with E-state index >= 15 is 0 Å². The molecule has 7 nitrogen and oxygen atoms in total. The van der Waals surface area contributed by atoms with Crippen molar-refractivity contribution in [3.63, 3.8) is 0 Å². The van der Waals surface area contributed by atoms with Gasteiger partial charge in [-0.3, -0.25) is 0 Å². The minimum atomic E-state index is -3.65. The molecule has 2 aromatic rings. The standard InChI is InChI=1S/C9H11BrN4O3S/c1-13(5-7-3-4-17-6-7)18(15,16)9-8(10)11-12-14(9)2/h3-4,6H,5H2,1-2H3. The number of aryl methyl sites for hydroxylation is 1. The molecule has 0 fully saturated rings. The molecule has 0 N–H and O–H groups in total. The fourth-order valence-corrected chi connectivity index (χ4v) is 3.65. The van der Waals surface area contributed by atoms with E-state index in [1.807, 2.05) is 0 Å². The third-order valence-corrected chi connectivity index (χ3v) is 5.07. The van der Waals surface area contributed by atoms with Crippen LogP contribution in [-0.2, 0) is 23.6 Å². The molecule has 2 aromatic heterocycles. The predicted octanol–water partition coefficient (Wildman–Crippen LogP) is 0.991. The van der Waals surface area contributed by atoms with Crippen molar-refractivity contribution in [1.82, 2.24) is 19.3 Å². The second-order valence-corrected chi connectivity index (χ2v) is 6.41. The van der Waals surface area contributed by atoms with Crippen molar-refractivity contribution in [2.24, 2.45) is 7.05 Å². The zero-order valence-electron chi connectivity index (χ0n) is 9.74. The summed E-state index contributed by atoms with van der Waals surface area (Å²) in [6.45, 7) is 0.219. The maximum absolute atomic E-state index is 12.3. The first kappa shape index (κ1) is 13.2. The van der Waals surface area contributed by atoms with Gasteiger partial charge in [-0.05, 0) is 22.0 Å². The van der Waals surface area contributed by atoms with Gasteiger partial charge in [0.25, 0.3) is 10.0 Å².